The lowest BCUT2D eigenvalue weighted by molar-refractivity contribution is -0.112. The number of carbonyl (C=O) groups excluding carboxylic acids is 1. The van der Waals surface area contributed by atoms with Crippen LogP contribution in [0.3, 0.4) is 0 Å². The Hall–Kier alpha value is -3.03. The summed E-state index contributed by atoms with van der Waals surface area (Å²) in [4.78, 5) is 26.0. The fourth-order valence-electron chi connectivity index (χ4n) is 2.79. The van der Waals surface area contributed by atoms with E-state index in [1.807, 2.05) is 18.2 Å². The maximum atomic E-state index is 12.5. The van der Waals surface area contributed by atoms with Crippen LogP contribution in [0, 0.1) is 0 Å². The summed E-state index contributed by atoms with van der Waals surface area (Å²) < 4.78 is 1.57. The van der Waals surface area contributed by atoms with E-state index in [-0.39, 0.29) is 16.9 Å². The zero-order valence-electron chi connectivity index (χ0n) is 14.0. The third-order valence-corrected chi connectivity index (χ3v) is 5.36. The number of pyridine rings is 1. The number of hydrogen-bond acceptors (Lipinski definition) is 5. The first-order valence-corrected chi connectivity index (χ1v) is 9.21. The van der Waals surface area contributed by atoms with Crippen molar-refractivity contribution in [1.82, 2.24) is 9.55 Å². The van der Waals surface area contributed by atoms with Gasteiger partial charge in [-0.1, -0.05) is 47.2 Å². The van der Waals surface area contributed by atoms with Gasteiger partial charge in [-0.25, -0.2) is 15.0 Å². The SMILES string of the molecule is C=CCn1c(O)c(C2=c3ccccc3=NC2=O)sc1=Nc1cccnc1Cl. The summed E-state index contributed by atoms with van der Waals surface area (Å²) in [5.74, 6) is -0.446. The molecule has 1 N–H and O–H groups in total. The predicted molar refractivity (Wildman–Crippen MR) is 103 cm³/mol. The molecule has 0 radical (unpaired) electrons. The molecule has 1 amide bonds. The van der Waals surface area contributed by atoms with Gasteiger partial charge in [0.1, 0.15) is 10.6 Å². The smallest absolute Gasteiger partial charge is 0.279 e. The topological polar surface area (TPSA) is 79.8 Å². The standard InChI is InChI=1S/C19H13ClN4O2S/c1-2-10-24-18(26)15(14-11-6-3-4-7-12(11)22-17(14)25)27-19(24)23-13-8-5-9-21-16(13)20/h2-9,26H,1,10H2. The number of thiazole rings is 1. The van der Waals surface area contributed by atoms with Gasteiger partial charge in [-0.15, -0.1) is 6.58 Å². The second-order valence-corrected chi connectivity index (χ2v) is 7.01. The lowest BCUT2D eigenvalue weighted by atomic mass is 10.1. The maximum Gasteiger partial charge on any atom is 0.279 e. The first-order valence-electron chi connectivity index (χ1n) is 8.01. The quantitative estimate of drug-likeness (QED) is 0.541. The molecule has 3 heterocycles. The van der Waals surface area contributed by atoms with E-state index in [1.54, 1.807) is 35.0 Å². The Kier molecular flexibility index (Phi) is 4.47. The highest BCUT2D eigenvalue weighted by Gasteiger charge is 2.25. The van der Waals surface area contributed by atoms with Crippen LogP contribution in [-0.4, -0.2) is 20.6 Å². The van der Waals surface area contributed by atoms with Gasteiger partial charge < -0.3 is 5.11 Å². The fourth-order valence-corrected chi connectivity index (χ4v) is 4.05. The highest BCUT2D eigenvalue weighted by molar-refractivity contribution is 7.11. The van der Waals surface area contributed by atoms with E-state index in [2.05, 4.69) is 21.5 Å². The molecule has 0 fully saturated rings. The van der Waals surface area contributed by atoms with E-state index >= 15 is 0 Å². The molecular weight excluding hydrogens is 384 g/mol. The number of hydrogen-bond donors (Lipinski definition) is 1. The molecule has 1 aromatic carbocycles. The van der Waals surface area contributed by atoms with Crippen molar-refractivity contribution in [2.24, 2.45) is 9.98 Å². The Morgan fingerprint density at radius 3 is 2.89 bits per heavy atom. The van der Waals surface area contributed by atoms with E-state index in [0.717, 1.165) is 0 Å². The van der Waals surface area contributed by atoms with Gasteiger partial charge in [-0.2, -0.15) is 0 Å². The van der Waals surface area contributed by atoms with E-state index in [0.29, 0.717) is 38.1 Å². The number of para-hydroxylation sites is 1. The molecule has 8 heteroatoms. The number of allylic oxidation sites excluding steroid dienone is 1. The number of amides is 1. The minimum Gasteiger partial charge on any atom is -0.493 e. The van der Waals surface area contributed by atoms with Crippen molar-refractivity contribution >= 4 is 40.1 Å². The van der Waals surface area contributed by atoms with Crippen molar-refractivity contribution in [3.63, 3.8) is 0 Å². The molecule has 0 bridgehead atoms. The molecule has 0 saturated heterocycles. The Labute approximate surface area is 162 Å². The van der Waals surface area contributed by atoms with Crippen LogP contribution < -0.4 is 15.4 Å². The fraction of sp³-hybridized carbons (Fsp3) is 0.0526. The van der Waals surface area contributed by atoms with Crippen LogP contribution in [0.1, 0.15) is 4.88 Å². The van der Waals surface area contributed by atoms with Gasteiger partial charge in [0.25, 0.3) is 5.91 Å². The molecule has 1 aliphatic heterocycles. The Balaban J connectivity index is 2.01. The second-order valence-electron chi connectivity index (χ2n) is 5.67. The normalized spacial score (nSPS) is 13.6. The van der Waals surface area contributed by atoms with Crippen LogP contribution in [0.15, 0.2) is 65.2 Å². The van der Waals surface area contributed by atoms with Gasteiger partial charge in [0.2, 0.25) is 5.88 Å². The van der Waals surface area contributed by atoms with Gasteiger partial charge in [0.05, 0.1) is 10.9 Å². The number of rotatable bonds is 4. The summed E-state index contributed by atoms with van der Waals surface area (Å²) in [6.45, 7) is 4.04. The van der Waals surface area contributed by atoms with Crippen LogP contribution in [0.5, 0.6) is 5.88 Å². The van der Waals surface area contributed by atoms with Crippen LogP contribution >= 0.6 is 22.9 Å². The van der Waals surface area contributed by atoms with E-state index in [9.17, 15) is 9.90 Å². The molecule has 4 rings (SSSR count). The van der Waals surface area contributed by atoms with Crippen molar-refractivity contribution in [1.29, 1.82) is 0 Å². The molecule has 134 valence electrons. The monoisotopic (exact) mass is 396 g/mol. The molecular formula is C19H13ClN4O2S. The molecule has 0 spiro atoms. The van der Waals surface area contributed by atoms with Crippen LogP contribution in [-0.2, 0) is 11.3 Å². The summed E-state index contributed by atoms with van der Waals surface area (Å²) in [6.07, 6.45) is 3.21. The largest absolute Gasteiger partial charge is 0.493 e. The molecule has 2 aromatic heterocycles. The van der Waals surface area contributed by atoms with Gasteiger partial charge >= 0.3 is 0 Å². The summed E-state index contributed by atoms with van der Waals surface area (Å²) in [5.41, 5.74) is 0.835. The summed E-state index contributed by atoms with van der Waals surface area (Å²) in [6, 6.07) is 10.7. The molecule has 0 saturated carbocycles. The lowest BCUT2D eigenvalue weighted by Gasteiger charge is -2.02. The third-order valence-electron chi connectivity index (χ3n) is 3.99. The number of aromatic hydroxyl groups is 1. The van der Waals surface area contributed by atoms with Crippen LogP contribution in [0.2, 0.25) is 5.15 Å². The van der Waals surface area contributed by atoms with E-state index in [1.165, 1.54) is 11.3 Å². The lowest BCUT2D eigenvalue weighted by Crippen LogP contribution is -2.22. The van der Waals surface area contributed by atoms with Crippen LogP contribution in [0.25, 0.3) is 5.57 Å². The molecule has 27 heavy (non-hydrogen) atoms. The summed E-state index contributed by atoms with van der Waals surface area (Å²) in [7, 11) is 0. The van der Waals surface area contributed by atoms with Gasteiger partial charge in [-0.3, -0.25) is 9.36 Å². The number of fused-ring (bicyclic) bond motifs is 1. The van der Waals surface area contributed by atoms with Gasteiger partial charge in [0, 0.05) is 18.0 Å². The van der Waals surface area contributed by atoms with Crippen molar-refractivity contribution in [3.05, 3.63) is 80.7 Å². The zero-order chi connectivity index (χ0) is 19.0. The van der Waals surface area contributed by atoms with Crippen molar-refractivity contribution in [2.75, 3.05) is 0 Å². The van der Waals surface area contributed by atoms with Crippen molar-refractivity contribution in [3.8, 4) is 5.88 Å². The highest BCUT2D eigenvalue weighted by Crippen LogP contribution is 2.29. The highest BCUT2D eigenvalue weighted by atomic mass is 35.5. The zero-order valence-corrected chi connectivity index (χ0v) is 15.5. The number of carbonyl (C=O) groups is 1. The Bertz CT molecular complexity index is 1270. The Morgan fingerprint density at radius 1 is 1.30 bits per heavy atom. The molecule has 0 aliphatic carbocycles. The molecule has 3 aromatic rings. The predicted octanol–water partition coefficient (Wildman–Crippen LogP) is 2.08. The maximum absolute atomic E-state index is 12.5. The number of benzene rings is 1. The Morgan fingerprint density at radius 2 is 2.11 bits per heavy atom. The average Bonchev–Trinajstić information content (AvgIpc) is 3.14. The van der Waals surface area contributed by atoms with Gasteiger partial charge in [-0.05, 0) is 18.2 Å². The van der Waals surface area contributed by atoms with Crippen LogP contribution in [0.4, 0.5) is 5.69 Å². The van der Waals surface area contributed by atoms with E-state index < -0.39 is 0 Å². The minimum absolute atomic E-state index is 0.0612. The second kappa shape index (κ2) is 6.94. The van der Waals surface area contributed by atoms with Gasteiger partial charge in [0.15, 0.2) is 9.95 Å². The third kappa shape index (κ3) is 3.01. The summed E-state index contributed by atoms with van der Waals surface area (Å²) in [5, 5.41) is 12.3. The number of aromatic nitrogens is 2. The number of halogens is 1. The van der Waals surface area contributed by atoms with Crippen molar-refractivity contribution in [2.45, 2.75) is 6.54 Å². The van der Waals surface area contributed by atoms with Crippen molar-refractivity contribution < 1.29 is 9.90 Å². The van der Waals surface area contributed by atoms with E-state index in [4.69, 9.17) is 11.6 Å². The average molecular weight is 397 g/mol. The molecule has 6 nitrogen and oxygen atoms in total. The molecule has 0 atom stereocenters. The number of nitrogens with zero attached hydrogens (tertiary/aromatic N) is 4. The summed E-state index contributed by atoms with van der Waals surface area (Å²) >= 11 is 7.29. The first kappa shape index (κ1) is 17.4. The first-order chi connectivity index (χ1) is 13.1. The minimum atomic E-state index is -0.385. The molecule has 0 unspecified atom stereocenters. The molecule has 1 aliphatic rings.